The van der Waals surface area contributed by atoms with Crippen LogP contribution < -0.4 is 5.32 Å². The Kier molecular flexibility index (Phi) is 4.08. The normalized spacial score (nSPS) is 19.4. The third kappa shape index (κ3) is 3.05. The zero-order valence-electron chi connectivity index (χ0n) is 11.7. The molecule has 1 atom stereocenters. The zero-order chi connectivity index (χ0) is 13.8. The third-order valence-corrected chi connectivity index (χ3v) is 3.77. The molecule has 1 aliphatic heterocycles. The van der Waals surface area contributed by atoms with Crippen molar-refractivity contribution in [1.82, 2.24) is 20.4 Å². The van der Waals surface area contributed by atoms with Gasteiger partial charge >= 0.3 is 0 Å². The van der Waals surface area contributed by atoms with Crippen LogP contribution in [-0.2, 0) is 6.54 Å². The minimum Gasteiger partial charge on any atom is -0.334 e. The largest absolute Gasteiger partial charge is 0.334 e. The van der Waals surface area contributed by atoms with Gasteiger partial charge in [-0.05, 0) is 38.6 Å². The van der Waals surface area contributed by atoms with E-state index >= 15 is 0 Å². The summed E-state index contributed by atoms with van der Waals surface area (Å²) in [6, 6.07) is 10.4. The summed E-state index contributed by atoms with van der Waals surface area (Å²) in [5.41, 5.74) is 0.966. The van der Waals surface area contributed by atoms with Gasteiger partial charge in [0, 0.05) is 18.2 Å². The monoisotopic (exact) mass is 272 g/mol. The van der Waals surface area contributed by atoms with Gasteiger partial charge in [-0.1, -0.05) is 23.4 Å². The molecular weight excluding hydrogens is 252 g/mol. The highest BCUT2D eigenvalue weighted by molar-refractivity contribution is 5.51. The number of aromatic nitrogens is 2. The van der Waals surface area contributed by atoms with Crippen molar-refractivity contribution in [2.45, 2.75) is 25.4 Å². The van der Waals surface area contributed by atoms with Gasteiger partial charge in [-0.25, -0.2) is 0 Å². The van der Waals surface area contributed by atoms with Gasteiger partial charge in [0.2, 0.25) is 0 Å². The molecule has 0 saturated carbocycles. The molecule has 106 valence electrons. The Bertz CT molecular complexity index is 534. The van der Waals surface area contributed by atoms with Crippen molar-refractivity contribution in [3.05, 3.63) is 36.2 Å². The van der Waals surface area contributed by atoms with Crippen LogP contribution in [0.1, 0.15) is 18.7 Å². The number of hydrogen-bond acceptors (Lipinski definition) is 5. The van der Waals surface area contributed by atoms with E-state index < -0.39 is 0 Å². The molecule has 0 bridgehead atoms. The molecular formula is C15H20N4O. The standard InChI is InChI=1S/C15H20N4O/c1-19(13-8-5-9-16-10-13)11-14-17-15(20-18-14)12-6-3-2-4-7-12/h2-4,6-7,13,16H,5,8-11H2,1H3. The second-order valence-electron chi connectivity index (χ2n) is 5.30. The van der Waals surface area contributed by atoms with E-state index in [4.69, 9.17) is 4.52 Å². The lowest BCUT2D eigenvalue weighted by Gasteiger charge is -2.30. The Hall–Kier alpha value is -1.72. The molecule has 1 saturated heterocycles. The zero-order valence-corrected chi connectivity index (χ0v) is 11.7. The van der Waals surface area contributed by atoms with Crippen LogP contribution in [0.3, 0.4) is 0 Å². The third-order valence-electron chi connectivity index (χ3n) is 3.77. The summed E-state index contributed by atoms with van der Waals surface area (Å²) in [5.74, 6) is 1.34. The van der Waals surface area contributed by atoms with Crippen molar-refractivity contribution in [3.8, 4) is 11.5 Å². The summed E-state index contributed by atoms with van der Waals surface area (Å²) in [6.45, 7) is 2.90. The predicted octanol–water partition coefficient (Wildman–Crippen LogP) is 1.92. The smallest absolute Gasteiger partial charge is 0.257 e. The molecule has 1 N–H and O–H groups in total. The minimum atomic E-state index is 0.558. The summed E-state index contributed by atoms with van der Waals surface area (Å²) in [5, 5.41) is 7.51. The Balaban J connectivity index is 1.65. The fourth-order valence-corrected chi connectivity index (χ4v) is 2.58. The van der Waals surface area contributed by atoms with Crippen LogP contribution in [0.15, 0.2) is 34.9 Å². The number of benzene rings is 1. The maximum atomic E-state index is 5.34. The maximum Gasteiger partial charge on any atom is 0.257 e. The lowest BCUT2D eigenvalue weighted by molar-refractivity contribution is 0.190. The van der Waals surface area contributed by atoms with Gasteiger partial charge in [0.25, 0.3) is 5.89 Å². The van der Waals surface area contributed by atoms with Gasteiger partial charge < -0.3 is 9.84 Å². The van der Waals surface area contributed by atoms with Crippen molar-refractivity contribution in [1.29, 1.82) is 0 Å². The van der Waals surface area contributed by atoms with Crippen molar-refractivity contribution >= 4 is 0 Å². The van der Waals surface area contributed by atoms with Gasteiger partial charge in [-0.2, -0.15) is 4.98 Å². The molecule has 20 heavy (non-hydrogen) atoms. The van der Waals surface area contributed by atoms with Crippen LogP contribution in [-0.4, -0.2) is 41.2 Å². The Morgan fingerprint density at radius 2 is 2.20 bits per heavy atom. The topological polar surface area (TPSA) is 54.2 Å². The van der Waals surface area contributed by atoms with Gasteiger partial charge in [0.05, 0.1) is 6.54 Å². The van der Waals surface area contributed by atoms with Crippen molar-refractivity contribution in [3.63, 3.8) is 0 Å². The second kappa shape index (κ2) is 6.15. The number of rotatable bonds is 4. The summed E-state index contributed by atoms with van der Waals surface area (Å²) >= 11 is 0. The van der Waals surface area contributed by atoms with Gasteiger partial charge in [-0.3, -0.25) is 4.90 Å². The number of hydrogen-bond donors (Lipinski definition) is 1. The maximum absolute atomic E-state index is 5.34. The Morgan fingerprint density at radius 1 is 1.35 bits per heavy atom. The first-order valence-electron chi connectivity index (χ1n) is 7.12. The molecule has 0 amide bonds. The number of nitrogens with zero attached hydrogens (tertiary/aromatic N) is 3. The molecule has 0 radical (unpaired) electrons. The highest BCUT2D eigenvalue weighted by Crippen LogP contribution is 2.17. The molecule has 1 aromatic carbocycles. The van der Waals surface area contributed by atoms with Gasteiger partial charge in [-0.15, -0.1) is 0 Å². The average Bonchev–Trinajstić information content (AvgIpc) is 2.97. The highest BCUT2D eigenvalue weighted by atomic mass is 16.5. The van der Waals surface area contributed by atoms with E-state index in [0.717, 1.165) is 31.0 Å². The molecule has 5 heteroatoms. The predicted molar refractivity (Wildman–Crippen MR) is 77.1 cm³/mol. The van der Waals surface area contributed by atoms with E-state index in [-0.39, 0.29) is 0 Å². The van der Waals surface area contributed by atoms with Gasteiger partial charge in [0.15, 0.2) is 5.82 Å². The van der Waals surface area contributed by atoms with Crippen LogP contribution in [0.4, 0.5) is 0 Å². The van der Waals surface area contributed by atoms with Crippen molar-refractivity contribution < 1.29 is 4.52 Å². The molecule has 1 unspecified atom stereocenters. The first-order valence-corrected chi connectivity index (χ1v) is 7.12. The molecule has 0 aliphatic carbocycles. The van der Waals surface area contributed by atoms with Crippen molar-refractivity contribution in [2.24, 2.45) is 0 Å². The fraction of sp³-hybridized carbons (Fsp3) is 0.467. The molecule has 1 fully saturated rings. The fourth-order valence-electron chi connectivity index (χ4n) is 2.58. The van der Waals surface area contributed by atoms with Crippen LogP contribution >= 0.6 is 0 Å². The van der Waals surface area contributed by atoms with E-state index in [1.54, 1.807) is 0 Å². The number of nitrogens with one attached hydrogen (secondary N) is 1. The van der Waals surface area contributed by atoms with Crippen LogP contribution in [0, 0.1) is 0 Å². The minimum absolute atomic E-state index is 0.558. The summed E-state index contributed by atoms with van der Waals surface area (Å²) in [7, 11) is 2.12. The van der Waals surface area contributed by atoms with E-state index in [9.17, 15) is 0 Å². The van der Waals surface area contributed by atoms with Crippen LogP contribution in [0.2, 0.25) is 0 Å². The first-order chi connectivity index (χ1) is 9.83. The Labute approximate surface area is 119 Å². The van der Waals surface area contributed by atoms with Crippen molar-refractivity contribution in [2.75, 3.05) is 20.1 Å². The molecule has 1 aliphatic rings. The van der Waals surface area contributed by atoms with Crippen LogP contribution in [0.25, 0.3) is 11.5 Å². The number of piperidine rings is 1. The van der Waals surface area contributed by atoms with Crippen LogP contribution in [0.5, 0.6) is 0 Å². The number of likely N-dealkylation sites (N-methyl/N-ethyl adjacent to an activating group) is 1. The molecule has 2 heterocycles. The Morgan fingerprint density at radius 3 is 2.95 bits per heavy atom. The lowest BCUT2D eigenvalue weighted by Crippen LogP contribution is -2.43. The van der Waals surface area contributed by atoms with E-state index in [1.165, 1.54) is 12.8 Å². The molecule has 3 rings (SSSR count). The van der Waals surface area contributed by atoms with E-state index in [0.29, 0.717) is 11.9 Å². The quantitative estimate of drug-likeness (QED) is 0.921. The van der Waals surface area contributed by atoms with E-state index in [2.05, 4.69) is 27.4 Å². The summed E-state index contributed by atoms with van der Waals surface area (Å²) < 4.78 is 5.34. The molecule has 5 nitrogen and oxygen atoms in total. The first kappa shape index (κ1) is 13.3. The molecule has 2 aromatic rings. The SMILES string of the molecule is CN(Cc1noc(-c2ccccc2)n1)C1CCCNC1. The summed E-state index contributed by atoms with van der Waals surface area (Å²) in [4.78, 5) is 6.77. The lowest BCUT2D eigenvalue weighted by atomic mass is 10.1. The molecule has 0 spiro atoms. The van der Waals surface area contributed by atoms with Gasteiger partial charge in [0.1, 0.15) is 0 Å². The summed E-state index contributed by atoms with van der Waals surface area (Å²) in [6.07, 6.45) is 2.46. The average molecular weight is 272 g/mol. The highest BCUT2D eigenvalue weighted by Gasteiger charge is 2.19. The van der Waals surface area contributed by atoms with E-state index in [1.807, 2.05) is 30.3 Å². The second-order valence-corrected chi connectivity index (χ2v) is 5.30. The molecule has 1 aromatic heterocycles.